The highest BCUT2D eigenvalue weighted by atomic mass is 35.5. The normalized spacial score (nSPS) is 10.2. The van der Waals surface area contributed by atoms with Crippen LogP contribution >= 0.6 is 11.6 Å². The first-order chi connectivity index (χ1) is 12.0. The highest BCUT2D eigenvalue weighted by Gasteiger charge is 2.11. The highest BCUT2D eigenvalue weighted by Crippen LogP contribution is 2.27. The quantitative estimate of drug-likeness (QED) is 0.579. The number of esters is 1. The van der Waals surface area contributed by atoms with Gasteiger partial charge >= 0.3 is 5.97 Å². The molecule has 25 heavy (non-hydrogen) atoms. The second kappa shape index (κ2) is 9.03. The average molecular weight is 362 g/mol. The molecule has 2 rings (SSSR count). The van der Waals surface area contributed by atoms with Crippen molar-refractivity contribution in [2.45, 2.75) is 19.8 Å². The van der Waals surface area contributed by atoms with E-state index >= 15 is 0 Å². The minimum atomic E-state index is -0.453. The zero-order valence-corrected chi connectivity index (χ0v) is 14.9. The first-order valence-electron chi connectivity index (χ1n) is 7.94. The fourth-order valence-corrected chi connectivity index (χ4v) is 2.29. The van der Waals surface area contributed by atoms with Crippen molar-refractivity contribution in [1.82, 2.24) is 10.3 Å². The van der Waals surface area contributed by atoms with Crippen molar-refractivity contribution in [1.29, 1.82) is 0 Å². The molecule has 0 saturated heterocycles. The van der Waals surface area contributed by atoms with Crippen LogP contribution in [-0.2, 0) is 4.74 Å². The summed E-state index contributed by atoms with van der Waals surface area (Å²) in [5, 5.41) is 6.35. The van der Waals surface area contributed by atoms with Gasteiger partial charge in [0.05, 0.1) is 23.4 Å². The third-order valence-corrected chi connectivity index (χ3v) is 3.80. The van der Waals surface area contributed by atoms with Crippen LogP contribution in [0, 0.1) is 0 Å². The Morgan fingerprint density at radius 1 is 1.24 bits per heavy atom. The number of methoxy groups -OCH3 is 1. The Morgan fingerprint density at radius 2 is 2.04 bits per heavy atom. The van der Waals surface area contributed by atoms with Gasteiger partial charge in [0.25, 0.3) is 5.91 Å². The van der Waals surface area contributed by atoms with Crippen LogP contribution in [0.5, 0.6) is 0 Å². The van der Waals surface area contributed by atoms with Crippen molar-refractivity contribution in [2.75, 3.05) is 19.0 Å². The number of nitrogens with zero attached hydrogens (tertiary/aromatic N) is 1. The largest absolute Gasteiger partial charge is 0.465 e. The Morgan fingerprint density at radius 3 is 2.76 bits per heavy atom. The molecule has 0 bridgehead atoms. The van der Waals surface area contributed by atoms with Gasteiger partial charge in [0.2, 0.25) is 0 Å². The van der Waals surface area contributed by atoms with E-state index in [1.54, 1.807) is 30.3 Å². The number of unbranched alkanes of at least 4 members (excludes halogenated alkanes) is 1. The lowest BCUT2D eigenvalue weighted by atomic mass is 10.2. The van der Waals surface area contributed by atoms with Crippen LogP contribution in [0.15, 0.2) is 36.5 Å². The van der Waals surface area contributed by atoms with Crippen molar-refractivity contribution in [3.8, 4) is 0 Å². The minimum Gasteiger partial charge on any atom is -0.465 e. The summed E-state index contributed by atoms with van der Waals surface area (Å²) < 4.78 is 4.71. The van der Waals surface area contributed by atoms with Crippen molar-refractivity contribution < 1.29 is 14.3 Å². The minimum absolute atomic E-state index is 0.230. The number of hydrogen-bond donors (Lipinski definition) is 2. The van der Waals surface area contributed by atoms with Crippen molar-refractivity contribution >= 4 is 34.9 Å². The standard InChI is InChI=1S/C18H20ClN3O3/c1-3-4-8-21-17(23)16-11-13(7-9-20-16)22-15-10-12(18(24)25-2)5-6-14(15)19/h5-7,9-11H,3-4,8H2,1-2H3,(H,20,22)(H,21,23). The summed E-state index contributed by atoms with van der Waals surface area (Å²) in [4.78, 5) is 27.8. The number of rotatable bonds is 7. The molecule has 1 heterocycles. The van der Waals surface area contributed by atoms with E-state index in [0.717, 1.165) is 12.8 Å². The molecular weight excluding hydrogens is 342 g/mol. The molecule has 0 unspecified atom stereocenters. The number of amides is 1. The van der Waals surface area contributed by atoms with Crippen LogP contribution in [0.1, 0.15) is 40.6 Å². The van der Waals surface area contributed by atoms with E-state index in [1.165, 1.54) is 13.3 Å². The number of aromatic nitrogens is 1. The second-order valence-corrected chi connectivity index (χ2v) is 5.76. The molecule has 0 aliphatic carbocycles. The number of halogens is 1. The van der Waals surface area contributed by atoms with E-state index < -0.39 is 5.97 Å². The molecule has 0 fully saturated rings. The summed E-state index contributed by atoms with van der Waals surface area (Å²) >= 11 is 6.17. The summed E-state index contributed by atoms with van der Waals surface area (Å²) in [6.45, 7) is 2.67. The van der Waals surface area contributed by atoms with Gasteiger partial charge in [-0.25, -0.2) is 4.79 Å². The SMILES string of the molecule is CCCCNC(=O)c1cc(Nc2cc(C(=O)OC)ccc2Cl)ccn1. The highest BCUT2D eigenvalue weighted by molar-refractivity contribution is 6.33. The molecule has 6 nitrogen and oxygen atoms in total. The number of hydrogen-bond acceptors (Lipinski definition) is 5. The molecule has 132 valence electrons. The maximum absolute atomic E-state index is 12.1. The summed E-state index contributed by atoms with van der Waals surface area (Å²) in [6.07, 6.45) is 3.46. The van der Waals surface area contributed by atoms with Gasteiger partial charge in [-0.05, 0) is 36.8 Å². The molecule has 2 aromatic rings. The molecule has 1 aromatic carbocycles. The number of benzene rings is 1. The van der Waals surface area contributed by atoms with Gasteiger partial charge in [-0.3, -0.25) is 9.78 Å². The second-order valence-electron chi connectivity index (χ2n) is 5.35. The van der Waals surface area contributed by atoms with Gasteiger partial charge in [-0.15, -0.1) is 0 Å². The summed E-state index contributed by atoms with van der Waals surface area (Å²) in [6, 6.07) is 8.12. The molecule has 1 amide bonds. The molecule has 0 aliphatic heterocycles. The zero-order valence-electron chi connectivity index (χ0n) is 14.1. The van der Waals surface area contributed by atoms with Crippen molar-refractivity contribution in [2.24, 2.45) is 0 Å². The fourth-order valence-electron chi connectivity index (χ4n) is 2.12. The number of carbonyl (C=O) groups is 2. The molecule has 0 radical (unpaired) electrons. The third kappa shape index (κ3) is 5.19. The summed E-state index contributed by atoms with van der Waals surface area (Å²) in [5.41, 5.74) is 1.86. The first-order valence-corrected chi connectivity index (χ1v) is 8.32. The molecule has 0 atom stereocenters. The predicted octanol–water partition coefficient (Wildman–Crippen LogP) is 3.80. The Hall–Kier alpha value is -2.60. The summed E-state index contributed by atoms with van der Waals surface area (Å²) in [5.74, 6) is -0.683. The van der Waals surface area contributed by atoms with Crippen LogP contribution in [0.25, 0.3) is 0 Å². The fraction of sp³-hybridized carbons (Fsp3) is 0.278. The van der Waals surface area contributed by atoms with Crippen LogP contribution in [0.2, 0.25) is 5.02 Å². The van der Waals surface area contributed by atoms with Gasteiger partial charge in [0.15, 0.2) is 0 Å². The van der Waals surface area contributed by atoms with Crippen LogP contribution in [0.4, 0.5) is 11.4 Å². The molecule has 0 spiro atoms. The molecular formula is C18H20ClN3O3. The van der Waals surface area contributed by atoms with Gasteiger partial charge in [-0.1, -0.05) is 24.9 Å². The van der Waals surface area contributed by atoms with Crippen molar-refractivity contribution in [3.63, 3.8) is 0 Å². The van der Waals surface area contributed by atoms with Gasteiger partial charge in [0.1, 0.15) is 5.69 Å². The van der Waals surface area contributed by atoms with E-state index in [9.17, 15) is 9.59 Å². The number of anilines is 2. The van der Waals surface area contributed by atoms with E-state index in [-0.39, 0.29) is 5.91 Å². The smallest absolute Gasteiger partial charge is 0.337 e. The van der Waals surface area contributed by atoms with Gasteiger partial charge in [0, 0.05) is 18.4 Å². The van der Waals surface area contributed by atoms with E-state index in [2.05, 4.69) is 22.5 Å². The van der Waals surface area contributed by atoms with Crippen LogP contribution in [0.3, 0.4) is 0 Å². The number of pyridine rings is 1. The molecule has 0 saturated carbocycles. The van der Waals surface area contributed by atoms with E-state index in [0.29, 0.717) is 34.2 Å². The lowest BCUT2D eigenvalue weighted by Gasteiger charge is -2.11. The first kappa shape index (κ1) is 18.7. The third-order valence-electron chi connectivity index (χ3n) is 3.47. The molecule has 2 N–H and O–H groups in total. The van der Waals surface area contributed by atoms with Crippen molar-refractivity contribution in [3.05, 3.63) is 52.8 Å². The number of carbonyl (C=O) groups excluding carboxylic acids is 2. The van der Waals surface area contributed by atoms with Crippen LogP contribution in [-0.4, -0.2) is 30.5 Å². The van der Waals surface area contributed by atoms with E-state index in [1.807, 2.05) is 0 Å². The van der Waals surface area contributed by atoms with Crippen LogP contribution < -0.4 is 10.6 Å². The Labute approximate surface area is 151 Å². The lowest BCUT2D eigenvalue weighted by Crippen LogP contribution is -2.25. The van der Waals surface area contributed by atoms with E-state index in [4.69, 9.17) is 16.3 Å². The number of nitrogens with one attached hydrogen (secondary N) is 2. The Bertz CT molecular complexity index is 765. The lowest BCUT2D eigenvalue weighted by molar-refractivity contribution is 0.0600. The maximum Gasteiger partial charge on any atom is 0.337 e. The topological polar surface area (TPSA) is 80.3 Å². The number of ether oxygens (including phenoxy) is 1. The Balaban J connectivity index is 2.17. The van der Waals surface area contributed by atoms with Gasteiger partial charge in [-0.2, -0.15) is 0 Å². The monoisotopic (exact) mass is 361 g/mol. The predicted molar refractivity (Wildman–Crippen MR) is 97.6 cm³/mol. The Kier molecular flexibility index (Phi) is 6.77. The zero-order chi connectivity index (χ0) is 18.2. The average Bonchev–Trinajstić information content (AvgIpc) is 2.63. The molecule has 0 aliphatic rings. The van der Waals surface area contributed by atoms with Gasteiger partial charge < -0.3 is 15.4 Å². The molecule has 1 aromatic heterocycles. The summed E-state index contributed by atoms with van der Waals surface area (Å²) in [7, 11) is 1.32. The molecule has 7 heteroatoms. The maximum atomic E-state index is 12.1.